The summed E-state index contributed by atoms with van der Waals surface area (Å²) in [7, 11) is 0. The molecule has 1 saturated carbocycles. The highest BCUT2D eigenvalue weighted by molar-refractivity contribution is 9.10. The van der Waals surface area contributed by atoms with E-state index in [0.717, 1.165) is 16.9 Å². The summed E-state index contributed by atoms with van der Waals surface area (Å²) in [5, 5.41) is 8.19. The molecule has 0 saturated heterocycles. The Labute approximate surface area is 118 Å². The highest BCUT2D eigenvalue weighted by Gasteiger charge is 2.30. The van der Waals surface area contributed by atoms with Crippen molar-refractivity contribution in [3.8, 4) is 0 Å². The minimum Gasteiger partial charge on any atom is -0.309 e. The lowest BCUT2D eigenvalue weighted by atomic mass is 9.95. The Kier molecular flexibility index (Phi) is 4.84. The zero-order valence-electron chi connectivity index (χ0n) is 11.6. The van der Waals surface area contributed by atoms with Crippen molar-refractivity contribution < 1.29 is 0 Å². The van der Waals surface area contributed by atoms with E-state index in [1.165, 1.54) is 31.4 Å². The summed E-state index contributed by atoms with van der Waals surface area (Å²) in [5.74, 6) is 0.760. The Morgan fingerprint density at radius 1 is 1.44 bits per heavy atom. The van der Waals surface area contributed by atoms with Gasteiger partial charge in [-0.2, -0.15) is 5.10 Å². The van der Waals surface area contributed by atoms with E-state index in [0.29, 0.717) is 12.1 Å². The van der Waals surface area contributed by atoms with E-state index in [2.05, 4.69) is 51.8 Å². The highest BCUT2D eigenvalue weighted by Crippen LogP contribution is 2.38. The molecule has 0 amide bonds. The van der Waals surface area contributed by atoms with Gasteiger partial charge in [-0.25, -0.2) is 0 Å². The lowest BCUT2D eigenvalue weighted by Crippen LogP contribution is -2.30. The molecule has 1 fully saturated rings. The van der Waals surface area contributed by atoms with Crippen molar-refractivity contribution in [2.24, 2.45) is 5.92 Å². The predicted molar refractivity (Wildman–Crippen MR) is 78.7 cm³/mol. The molecule has 1 aliphatic carbocycles. The molecule has 4 heteroatoms. The maximum atomic E-state index is 4.52. The standard InChI is InChI=1S/C14H24BrN3/c1-4-16-13(11-7-5-6-8-11)14-12(15)9-17-18(14)10(2)3/h9-11,13,16H,4-8H2,1-3H3. The minimum absolute atomic E-state index is 0.411. The van der Waals surface area contributed by atoms with Crippen LogP contribution in [0.25, 0.3) is 0 Å². The maximum absolute atomic E-state index is 4.52. The van der Waals surface area contributed by atoms with E-state index < -0.39 is 0 Å². The van der Waals surface area contributed by atoms with E-state index in [1.54, 1.807) is 0 Å². The summed E-state index contributed by atoms with van der Waals surface area (Å²) in [5.41, 5.74) is 1.33. The van der Waals surface area contributed by atoms with Gasteiger partial charge in [-0.15, -0.1) is 0 Å². The predicted octanol–water partition coefficient (Wildman–Crippen LogP) is 4.07. The normalized spacial score (nSPS) is 18.7. The summed E-state index contributed by atoms with van der Waals surface area (Å²) in [6.45, 7) is 7.59. The Balaban J connectivity index is 2.31. The molecule has 1 heterocycles. The molecule has 102 valence electrons. The van der Waals surface area contributed by atoms with Crippen LogP contribution < -0.4 is 5.32 Å². The third-order valence-corrected chi connectivity index (χ3v) is 4.48. The van der Waals surface area contributed by atoms with Crippen LogP contribution >= 0.6 is 15.9 Å². The summed E-state index contributed by atoms with van der Waals surface area (Å²) < 4.78 is 3.31. The number of rotatable bonds is 5. The zero-order valence-corrected chi connectivity index (χ0v) is 13.2. The topological polar surface area (TPSA) is 29.9 Å². The van der Waals surface area contributed by atoms with Crippen molar-refractivity contribution in [1.82, 2.24) is 15.1 Å². The van der Waals surface area contributed by atoms with Crippen LogP contribution in [0.5, 0.6) is 0 Å². The van der Waals surface area contributed by atoms with Crippen LogP contribution in [0.15, 0.2) is 10.7 Å². The van der Waals surface area contributed by atoms with Crippen LogP contribution in [0.4, 0.5) is 0 Å². The second kappa shape index (κ2) is 6.20. The van der Waals surface area contributed by atoms with Crippen LogP contribution in [0.3, 0.4) is 0 Å². The molecule has 0 aliphatic heterocycles. The lowest BCUT2D eigenvalue weighted by Gasteiger charge is -2.27. The van der Waals surface area contributed by atoms with Crippen LogP contribution in [0.1, 0.15) is 64.2 Å². The summed E-state index contributed by atoms with van der Waals surface area (Å²) in [4.78, 5) is 0. The number of halogens is 1. The number of hydrogen-bond donors (Lipinski definition) is 1. The molecule has 3 nitrogen and oxygen atoms in total. The van der Waals surface area contributed by atoms with Gasteiger partial charge in [0.1, 0.15) is 0 Å². The smallest absolute Gasteiger partial charge is 0.0701 e. The molecule has 0 radical (unpaired) electrons. The van der Waals surface area contributed by atoms with Gasteiger partial charge in [0.2, 0.25) is 0 Å². The van der Waals surface area contributed by atoms with Crippen molar-refractivity contribution in [3.63, 3.8) is 0 Å². The van der Waals surface area contributed by atoms with Crippen molar-refractivity contribution in [2.45, 2.75) is 58.5 Å². The quantitative estimate of drug-likeness (QED) is 0.888. The molecule has 0 bridgehead atoms. The first-order valence-electron chi connectivity index (χ1n) is 7.11. The number of aromatic nitrogens is 2. The lowest BCUT2D eigenvalue weighted by molar-refractivity contribution is 0.341. The second-order valence-electron chi connectivity index (χ2n) is 5.50. The fourth-order valence-electron chi connectivity index (χ4n) is 3.05. The van der Waals surface area contributed by atoms with E-state index in [-0.39, 0.29) is 0 Å². The van der Waals surface area contributed by atoms with Gasteiger partial charge in [0.15, 0.2) is 0 Å². The molecule has 0 aromatic carbocycles. The highest BCUT2D eigenvalue weighted by atomic mass is 79.9. The van der Waals surface area contributed by atoms with Gasteiger partial charge in [0.05, 0.1) is 22.4 Å². The summed E-state index contributed by atoms with van der Waals surface area (Å²) in [6.07, 6.45) is 7.37. The van der Waals surface area contributed by atoms with Crippen molar-refractivity contribution in [1.29, 1.82) is 0 Å². The first-order chi connectivity index (χ1) is 8.65. The fraction of sp³-hybridized carbons (Fsp3) is 0.786. The minimum atomic E-state index is 0.411. The van der Waals surface area contributed by atoms with E-state index in [4.69, 9.17) is 0 Å². The summed E-state index contributed by atoms with van der Waals surface area (Å²) >= 11 is 3.68. The van der Waals surface area contributed by atoms with Gasteiger partial charge in [0.25, 0.3) is 0 Å². The van der Waals surface area contributed by atoms with E-state index in [1.807, 2.05) is 6.20 Å². The largest absolute Gasteiger partial charge is 0.309 e. The molecule has 1 atom stereocenters. The molecule has 2 rings (SSSR count). The van der Waals surface area contributed by atoms with Crippen molar-refractivity contribution >= 4 is 15.9 Å². The molecular formula is C14H24BrN3. The van der Waals surface area contributed by atoms with E-state index in [9.17, 15) is 0 Å². The average Bonchev–Trinajstić information content (AvgIpc) is 2.95. The van der Waals surface area contributed by atoms with Gasteiger partial charge in [-0.05, 0) is 55.1 Å². The van der Waals surface area contributed by atoms with Crippen LogP contribution in [0, 0.1) is 5.92 Å². The SMILES string of the molecule is CCNC(c1c(Br)cnn1C(C)C)C1CCCC1. The second-order valence-corrected chi connectivity index (χ2v) is 6.35. The van der Waals surface area contributed by atoms with Crippen LogP contribution in [-0.2, 0) is 0 Å². The third kappa shape index (κ3) is 2.80. The molecule has 0 spiro atoms. The van der Waals surface area contributed by atoms with Crippen LogP contribution in [0.2, 0.25) is 0 Å². The Morgan fingerprint density at radius 3 is 2.67 bits per heavy atom. The monoisotopic (exact) mass is 313 g/mol. The maximum Gasteiger partial charge on any atom is 0.0701 e. The van der Waals surface area contributed by atoms with Gasteiger partial charge in [0, 0.05) is 6.04 Å². The first kappa shape index (κ1) is 14.1. The average molecular weight is 314 g/mol. The summed E-state index contributed by atoms with van der Waals surface area (Å²) in [6, 6.07) is 0.852. The molecule has 1 N–H and O–H groups in total. The molecule has 1 unspecified atom stereocenters. The van der Waals surface area contributed by atoms with Crippen LogP contribution in [-0.4, -0.2) is 16.3 Å². The number of nitrogens with one attached hydrogen (secondary N) is 1. The third-order valence-electron chi connectivity index (χ3n) is 3.87. The number of nitrogens with zero attached hydrogens (tertiary/aromatic N) is 2. The van der Waals surface area contributed by atoms with Gasteiger partial charge in [-0.1, -0.05) is 19.8 Å². The molecule has 1 aromatic heterocycles. The van der Waals surface area contributed by atoms with Crippen molar-refractivity contribution in [2.75, 3.05) is 6.54 Å². The van der Waals surface area contributed by atoms with E-state index >= 15 is 0 Å². The Bertz CT molecular complexity index is 380. The van der Waals surface area contributed by atoms with Crippen molar-refractivity contribution in [3.05, 3.63) is 16.4 Å². The number of hydrogen-bond acceptors (Lipinski definition) is 2. The molecule has 1 aliphatic rings. The molecule has 1 aromatic rings. The van der Waals surface area contributed by atoms with Gasteiger partial charge in [-0.3, -0.25) is 4.68 Å². The molecule has 18 heavy (non-hydrogen) atoms. The molecular weight excluding hydrogens is 290 g/mol. The zero-order chi connectivity index (χ0) is 13.1. The fourth-order valence-corrected chi connectivity index (χ4v) is 3.57. The first-order valence-corrected chi connectivity index (χ1v) is 7.90. The van der Waals surface area contributed by atoms with Gasteiger partial charge >= 0.3 is 0 Å². The Morgan fingerprint density at radius 2 is 2.11 bits per heavy atom. The Hall–Kier alpha value is -0.350. The van der Waals surface area contributed by atoms with Gasteiger partial charge < -0.3 is 5.32 Å².